The smallest absolute Gasteiger partial charge is 0.177 e. The highest BCUT2D eigenvalue weighted by molar-refractivity contribution is 5.86. The fourth-order valence-corrected chi connectivity index (χ4v) is 0.908. The molecule has 0 aliphatic carbocycles. The molecule has 0 spiro atoms. The maximum atomic E-state index is 11.0. The van der Waals surface area contributed by atoms with E-state index in [2.05, 4.69) is 5.18 Å². The molecule has 8 heteroatoms. The average Bonchev–Trinajstić information content (AvgIpc) is 2.25. The lowest BCUT2D eigenvalue weighted by molar-refractivity contribution is -0.127. The van der Waals surface area contributed by atoms with E-state index in [1.54, 1.807) is 0 Å². The molecule has 0 fully saturated rings. The van der Waals surface area contributed by atoms with Gasteiger partial charge in [-0.15, -0.1) is 0 Å². The number of carbonyl (C=O) groups is 1. The summed E-state index contributed by atoms with van der Waals surface area (Å²) in [6, 6.07) is -1.53. The molecule has 0 bridgehead atoms. The minimum atomic E-state index is -1.76. The molecule has 0 rings (SSSR count). The Labute approximate surface area is 85.3 Å². The summed E-state index contributed by atoms with van der Waals surface area (Å²) in [6.45, 7) is -1.51. The first kappa shape index (κ1) is 14.1. The van der Waals surface area contributed by atoms with Crippen molar-refractivity contribution in [3.63, 3.8) is 0 Å². The van der Waals surface area contributed by atoms with Crippen molar-refractivity contribution in [3.05, 3.63) is 4.91 Å². The van der Waals surface area contributed by atoms with E-state index in [0.29, 0.717) is 0 Å². The maximum Gasteiger partial charge on any atom is 0.177 e. The van der Waals surface area contributed by atoms with E-state index in [1.807, 2.05) is 0 Å². The molecule has 0 saturated heterocycles. The Morgan fingerprint density at radius 1 is 1.27 bits per heavy atom. The van der Waals surface area contributed by atoms with Crippen LogP contribution < -0.4 is 5.73 Å². The molecule has 4 atom stereocenters. The molecule has 15 heavy (non-hydrogen) atoms. The van der Waals surface area contributed by atoms with Crippen molar-refractivity contribution in [2.45, 2.75) is 24.4 Å². The molecule has 0 aliphatic rings. The Bertz CT molecular complexity index is 224. The first-order valence-electron chi connectivity index (χ1n) is 4.18. The Morgan fingerprint density at radius 2 is 1.80 bits per heavy atom. The lowest BCUT2D eigenvalue weighted by Gasteiger charge is -2.24. The van der Waals surface area contributed by atoms with Gasteiger partial charge in [0.25, 0.3) is 0 Å². The second-order valence-electron chi connectivity index (χ2n) is 3.01. The van der Waals surface area contributed by atoms with Crippen molar-refractivity contribution < 1.29 is 25.2 Å². The third-order valence-electron chi connectivity index (χ3n) is 1.89. The number of rotatable bonds is 7. The Kier molecular flexibility index (Phi) is 6.13. The second-order valence-corrected chi connectivity index (χ2v) is 3.01. The Morgan fingerprint density at radius 3 is 2.20 bits per heavy atom. The number of nitrogens with zero attached hydrogens (tertiary/aromatic N) is 1. The second kappa shape index (κ2) is 6.53. The van der Waals surface area contributed by atoms with Crippen LogP contribution in [-0.4, -0.2) is 63.7 Å². The fraction of sp³-hybridized carbons (Fsp3) is 0.857. The minimum absolute atomic E-state index is 0.722. The lowest BCUT2D eigenvalue weighted by atomic mass is 9.99. The number of Topliss-reactive ketones (excluding diaryl/α,β-unsaturated/α-hetero) is 1. The number of ketones is 1. The molecule has 88 valence electrons. The summed E-state index contributed by atoms with van der Waals surface area (Å²) in [5.74, 6) is -0.860. The first-order valence-corrected chi connectivity index (χ1v) is 4.18. The molecule has 0 aromatic rings. The largest absolute Gasteiger partial charge is 0.394 e. The molecule has 8 nitrogen and oxygen atoms in total. The van der Waals surface area contributed by atoms with Gasteiger partial charge in [-0.2, -0.15) is 4.91 Å². The van der Waals surface area contributed by atoms with Crippen molar-refractivity contribution in [1.82, 2.24) is 0 Å². The van der Waals surface area contributed by atoms with Crippen molar-refractivity contribution in [2.75, 3.05) is 13.2 Å². The van der Waals surface area contributed by atoms with Crippen LogP contribution in [0.1, 0.15) is 0 Å². The molecule has 0 aliphatic heterocycles. The van der Waals surface area contributed by atoms with Crippen LogP contribution in [0.2, 0.25) is 0 Å². The maximum absolute atomic E-state index is 11.0. The molecular weight excluding hydrogens is 208 g/mol. The van der Waals surface area contributed by atoms with Crippen LogP contribution in [0, 0.1) is 4.91 Å². The van der Waals surface area contributed by atoms with Crippen LogP contribution in [0.5, 0.6) is 0 Å². The highest BCUT2D eigenvalue weighted by Gasteiger charge is 2.32. The zero-order valence-electron chi connectivity index (χ0n) is 7.85. The molecule has 0 radical (unpaired) electrons. The first-order chi connectivity index (χ1) is 6.95. The summed E-state index contributed by atoms with van der Waals surface area (Å²) < 4.78 is 0. The molecule has 0 unspecified atom stereocenters. The Balaban J connectivity index is 4.35. The highest BCUT2D eigenvalue weighted by Crippen LogP contribution is 2.04. The van der Waals surface area contributed by atoms with Gasteiger partial charge in [0.15, 0.2) is 5.78 Å². The molecule has 0 heterocycles. The number of carbonyl (C=O) groups excluding carboxylic acids is 1. The number of nitrogens with two attached hydrogens (primary N) is 1. The number of hydrogen-bond acceptors (Lipinski definition) is 8. The van der Waals surface area contributed by atoms with Gasteiger partial charge < -0.3 is 26.2 Å². The molecule has 6 N–H and O–H groups in total. The summed E-state index contributed by atoms with van der Waals surface area (Å²) in [5, 5.41) is 38.1. The van der Waals surface area contributed by atoms with Crippen molar-refractivity contribution in [3.8, 4) is 0 Å². The van der Waals surface area contributed by atoms with E-state index < -0.39 is 43.3 Å². The summed E-state index contributed by atoms with van der Waals surface area (Å²) in [5.41, 5.74) is 5.19. The van der Waals surface area contributed by atoms with Gasteiger partial charge in [0.05, 0.1) is 12.6 Å². The highest BCUT2D eigenvalue weighted by atomic mass is 16.4. The molecular formula is C7H14N2O6. The van der Waals surface area contributed by atoms with E-state index in [0.717, 1.165) is 0 Å². The SMILES string of the molecule is N[C@@H](C(=O)CN=O)[C@@H](O)[C@H](O)[C@H](O)CO. The Hall–Kier alpha value is -0.930. The molecule has 0 aromatic carbocycles. The zero-order valence-corrected chi connectivity index (χ0v) is 7.85. The van der Waals surface area contributed by atoms with Crippen LogP contribution in [0.25, 0.3) is 0 Å². The fourth-order valence-electron chi connectivity index (χ4n) is 0.908. The van der Waals surface area contributed by atoms with Crippen molar-refractivity contribution in [1.29, 1.82) is 0 Å². The van der Waals surface area contributed by atoms with E-state index in [4.69, 9.17) is 15.9 Å². The van der Waals surface area contributed by atoms with Gasteiger partial charge in [-0.25, -0.2) is 0 Å². The van der Waals surface area contributed by atoms with E-state index in [9.17, 15) is 19.9 Å². The molecule has 0 aromatic heterocycles. The van der Waals surface area contributed by atoms with E-state index in [1.165, 1.54) is 0 Å². The molecule has 0 amide bonds. The van der Waals surface area contributed by atoms with Gasteiger partial charge in [0.2, 0.25) is 0 Å². The van der Waals surface area contributed by atoms with Gasteiger partial charge in [0, 0.05) is 0 Å². The number of hydrogen-bond donors (Lipinski definition) is 5. The van der Waals surface area contributed by atoms with Gasteiger partial charge in [-0.1, -0.05) is 5.18 Å². The summed E-state index contributed by atoms with van der Waals surface area (Å²) in [4.78, 5) is 20.7. The third kappa shape index (κ3) is 3.98. The number of nitroso groups, excluding NO2 is 1. The van der Waals surface area contributed by atoms with Gasteiger partial charge >= 0.3 is 0 Å². The monoisotopic (exact) mass is 222 g/mol. The van der Waals surface area contributed by atoms with Gasteiger partial charge in [-0.05, 0) is 0 Å². The van der Waals surface area contributed by atoms with Crippen molar-refractivity contribution >= 4 is 5.78 Å². The zero-order chi connectivity index (χ0) is 12.0. The number of aliphatic hydroxyl groups excluding tert-OH is 4. The predicted octanol–water partition coefficient (Wildman–Crippen LogP) is -3.28. The van der Waals surface area contributed by atoms with E-state index >= 15 is 0 Å². The topological polar surface area (TPSA) is 153 Å². The van der Waals surface area contributed by atoms with Crippen LogP contribution >= 0.6 is 0 Å². The standard InChI is InChI=1S/C7H14N2O6/c8-5(3(11)1-9-15)7(14)6(13)4(12)2-10/h4-7,10,12-14H,1-2,8H2/t4-,5+,6-,7-/m1/s1. The predicted molar refractivity (Wildman–Crippen MR) is 48.8 cm³/mol. The number of aliphatic hydroxyl groups is 4. The summed E-state index contributed by atoms with van der Waals surface area (Å²) in [7, 11) is 0. The van der Waals surface area contributed by atoms with Gasteiger partial charge in [0.1, 0.15) is 24.9 Å². The minimum Gasteiger partial charge on any atom is -0.394 e. The van der Waals surface area contributed by atoms with Crippen LogP contribution in [0.15, 0.2) is 5.18 Å². The van der Waals surface area contributed by atoms with Crippen LogP contribution in [-0.2, 0) is 4.79 Å². The van der Waals surface area contributed by atoms with Gasteiger partial charge in [-0.3, -0.25) is 4.79 Å². The van der Waals surface area contributed by atoms with Crippen LogP contribution in [0.3, 0.4) is 0 Å². The third-order valence-corrected chi connectivity index (χ3v) is 1.89. The summed E-state index contributed by atoms with van der Waals surface area (Å²) in [6.07, 6.45) is -5.13. The molecule has 0 saturated carbocycles. The van der Waals surface area contributed by atoms with E-state index in [-0.39, 0.29) is 0 Å². The summed E-state index contributed by atoms with van der Waals surface area (Å²) >= 11 is 0. The quantitative estimate of drug-likeness (QED) is 0.283. The van der Waals surface area contributed by atoms with Crippen molar-refractivity contribution in [2.24, 2.45) is 10.9 Å². The average molecular weight is 222 g/mol. The normalized spacial score (nSPS) is 19.0. The lowest BCUT2D eigenvalue weighted by Crippen LogP contribution is -2.53. The van der Waals surface area contributed by atoms with Crippen LogP contribution in [0.4, 0.5) is 0 Å².